The fraction of sp³-hybridized carbons (Fsp3) is 0.150. The summed E-state index contributed by atoms with van der Waals surface area (Å²) in [5.41, 5.74) is 1.10. The lowest BCUT2D eigenvalue weighted by Crippen LogP contribution is -2.37. The summed E-state index contributed by atoms with van der Waals surface area (Å²) in [5, 5.41) is 19.5. The Morgan fingerprint density at radius 1 is 1.29 bits per heavy atom. The minimum absolute atomic E-state index is 0.00145. The van der Waals surface area contributed by atoms with Gasteiger partial charge in [0.25, 0.3) is 5.91 Å². The summed E-state index contributed by atoms with van der Waals surface area (Å²) < 4.78 is 5.53. The third-order valence-electron chi connectivity index (χ3n) is 4.01. The van der Waals surface area contributed by atoms with E-state index in [-0.39, 0.29) is 10.1 Å². The Morgan fingerprint density at radius 3 is 2.64 bits per heavy atom. The van der Waals surface area contributed by atoms with Gasteiger partial charge in [0.2, 0.25) is 0 Å². The molecule has 28 heavy (non-hydrogen) atoms. The molecule has 0 aliphatic carbocycles. The molecule has 1 amide bonds. The van der Waals surface area contributed by atoms with Crippen LogP contribution in [0, 0.1) is 0 Å². The van der Waals surface area contributed by atoms with Gasteiger partial charge >= 0.3 is 5.97 Å². The number of hydrogen-bond donors (Lipinski definition) is 2. The minimum Gasteiger partial charge on any atom is -0.504 e. The summed E-state index contributed by atoms with van der Waals surface area (Å²) in [6.45, 7) is 2.18. The molecule has 1 aliphatic rings. The number of benzene rings is 2. The van der Waals surface area contributed by atoms with Gasteiger partial charge < -0.3 is 14.9 Å². The van der Waals surface area contributed by atoms with Crippen molar-refractivity contribution in [2.24, 2.45) is 0 Å². The average molecular weight is 415 g/mol. The zero-order valence-corrected chi connectivity index (χ0v) is 16.5. The molecule has 8 heteroatoms. The maximum Gasteiger partial charge on any atom is 0.331 e. The van der Waals surface area contributed by atoms with Gasteiger partial charge in [-0.25, -0.2) is 4.79 Å². The van der Waals surface area contributed by atoms with E-state index in [9.17, 15) is 19.8 Å². The van der Waals surface area contributed by atoms with E-state index in [1.54, 1.807) is 55.5 Å². The summed E-state index contributed by atoms with van der Waals surface area (Å²) in [4.78, 5) is 26.2. The number of carbonyl (C=O) groups is 2. The Kier molecular flexibility index (Phi) is 6.01. The van der Waals surface area contributed by atoms with E-state index < -0.39 is 17.9 Å². The van der Waals surface area contributed by atoms with Crippen molar-refractivity contribution < 1.29 is 24.5 Å². The van der Waals surface area contributed by atoms with Crippen LogP contribution in [0.25, 0.3) is 6.08 Å². The Morgan fingerprint density at radius 2 is 2.00 bits per heavy atom. The van der Waals surface area contributed by atoms with Crippen molar-refractivity contribution >= 4 is 46.3 Å². The van der Waals surface area contributed by atoms with Crippen LogP contribution < -0.4 is 4.74 Å². The van der Waals surface area contributed by atoms with Gasteiger partial charge in [-0.15, -0.1) is 0 Å². The number of aliphatic carboxylic acids is 1. The minimum atomic E-state index is -1.20. The van der Waals surface area contributed by atoms with Crippen LogP contribution in [0.5, 0.6) is 11.5 Å². The topological polar surface area (TPSA) is 87.1 Å². The second-order valence-corrected chi connectivity index (χ2v) is 7.54. The van der Waals surface area contributed by atoms with E-state index in [0.29, 0.717) is 28.4 Å². The number of rotatable bonds is 6. The maximum atomic E-state index is 12.9. The Balaban J connectivity index is 1.94. The molecule has 6 nitrogen and oxygen atoms in total. The van der Waals surface area contributed by atoms with Crippen LogP contribution in [0.15, 0.2) is 53.4 Å². The second-order valence-electron chi connectivity index (χ2n) is 5.86. The number of nitrogens with zero attached hydrogens (tertiary/aromatic N) is 1. The van der Waals surface area contributed by atoms with Gasteiger partial charge in [-0.2, -0.15) is 0 Å². The molecule has 0 aromatic heterocycles. The van der Waals surface area contributed by atoms with E-state index in [1.165, 1.54) is 6.07 Å². The fourth-order valence-corrected chi connectivity index (χ4v) is 4.10. The monoisotopic (exact) mass is 415 g/mol. The van der Waals surface area contributed by atoms with Crippen molar-refractivity contribution in [1.82, 2.24) is 4.90 Å². The number of thioether (sulfide) groups is 1. The second kappa shape index (κ2) is 8.45. The number of phenolic OH excluding ortho intramolecular Hbond substituents is 1. The largest absolute Gasteiger partial charge is 0.504 e. The molecule has 1 saturated heterocycles. The molecular weight excluding hydrogens is 398 g/mol. The van der Waals surface area contributed by atoms with Gasteiger partial charge in [-0.3, -0.25) is 9.69 Å². The molecule has 3 rings (SSSR count). The molecule has 0 spiro atoms. The standard InChI is InChI=1S/C20H17NO5S2/c1-2-26-15-10-12(8-9-14(15)22)11-16-18(23)21(20(27)28-16)17(19(24)25)13-6-4-3-5-7-13/h3-11,17,22H,2H2,1H3,(H,24,25)/b16-11+/t17-/m1/s1. The molecule has 2 aromatic rings. The number of thiocarbonyl (C=S) groups is 1. The van der Waals surface area contributed by atoms with Crippen LogP contribution in [0.1, 0.15) is 24.1 Å². The highest BCUT2D eigenvalue weighted by Gasteiger charge is 2.41. The van der Waals surface area contributed by atoms with Crippen LogP contribution >= 0.6 is 24.0 Å². The fourth-order valence-electron chi connectivity index (χ4n) is 2.78. The van der Waals surface area contributed by atoms with E-state index >= 15 is 0 Å². The van der Waals surface area contributed by atoms with Gasteiger partial charge in [0.1, 0.15) is 4.32 Å². The van der Waals surface area contributed by atoms with Crippen LogP contribution in [0.3, 0.4) is 0 Å². The number of carboxylic acid groups (broad SMARTS) is 1. The number of aromatic hydroxyl groups is 1. The van der Waals surface area contributed by atoms with Gasteiger partial charge in [-0.05, 0) is 36.3 Å². The summed E-state index contributed by atoms with van der Waals surface area (Å²) in [5.74, 6) is -1.33. The van der Waals surface area contributed by atoms with Crippen molar-refractivity contribution in [1.29, 1.82) is 0 Å². The highest BCUT2D eigenvalue weighted by Crippen LogP contribution is 2.39. The zero-order chi connectivity index (χ0) is 20.3. The third kappa shape index (κ3) is 4.02. The normalized spacial score (nSPS) is 16.5. The Hall–Kier alpha value is -2.84. The lowest BCUT2D eigenvalue weighted by Gasteiger charge is -2.23. The molecule has 1 aliphatic heterocycles. The van der Waals surface area contributed by atoms with Gasteiger partial charge in [0.15, 0.2) is 17.5 Å². The molecule has 1 heterocycles. The molecular formula is C20H17NO5S2. The number of carboxylic acids is 1. The first-order valence-corrected chi connectivity index (χ1v) is 9.65. The van der Waals surface area contributed by atoms with E-state index in [2.05, 4.69) is 0 Å². The van der Waals surface area contributed by atoms with Crippen LogP contribution in [-0.2, 0) is 9.59 Å². The first-order valence-electron chi connectivity index (χ1n) is 8.43. The molecule has 144 valence electrons. The van der Waals surface area contributed by atoms with E-state index in [1.807, 2.05) is 0 Å². The lowest BCUT2D eigenvalue weighted by atomic mass is 10.1. The SMILES string of the molecule is CCOc1cc(/C=C2/SC(=S)N([C@@H](C(=O)O)c3ccccc3)C2=O)ccc1O. The lowest BCUT2D eigenvalue weighted by molar-refractivity contribution is -0.145. The zero-order valence-electron chi connectivity index (χ0n) is 14.9. The quantitative estimate of drug-likeness (QED) is 0.548. The molecule has 1 atom stereocenters. The van der Waals surface area contributed by atoms with Crippen molar-refractivity contribution in [3.8, 4) is 11.5 Å². The Bertz CT molecular complexity index is 958. The van der Waals surface area contributed by atoms with Crippen molar-refractivity contribution in [3.63, 3.8) is 0 Å². The first kappa shape index (κ1) is 19.9. The molecule has 0 radical (unpaired) electrons. The summed E-state index contributed by atoms with van der Waals surface area (Å²) >= 11 is 6.34. The molecule has 1 fully saturated rings. The molecule has 0 unspecified atom stereocenters. The smallest absolute Gasteiger partial charge is 0.331 e. The Labute approximate surface area is 171 Å². The molecule has 0 bridgehead atoms. The van der Waals surface area contributed by atoms with Crippen molar-refractivity contribution in [2.45, 2.75) is 13.0 Å². The number of phenols is 1. The highest BCUT2D eigenvalue weighted by molar-refractivity contribution is 8.26. The van der Waals surface area contributed by atoms with Crippen molar-refractivity contribution in [2.75, 3.05) is 6.61 Å². The van der Waals surface area contributed by atoms with Crippen LogP contribution in [0.2, 0.25) is 0 Å². The summed E-state index contributed by atoms with van der Waals surface area (Å²) in [6, 6.07) is 12.0. The van der Waals surface area contributed by atoms with E-state index in [0.717, 1.165) is 16.7 Å². The van der Waals surface area contributed by atoms with Gasteiger partial charge in [-0.1, -0.05) is 60.4 Å². The predicted octanol–water partition coefficient (Wildman–Crippen LogP) is 3.82. The van der Waals surface area contributed by atoms with Crippen molar-refractivity contribution in [3.05, 3.63) is 64.6 Å². The molecule has 2 aromatic carbocycles. The first-order chi connectivity index (χ1) is 13.4. The summed E-state index contributed by atoms with van der Waals surface area (Å²) in [6.07, 6.45) is 1.60. The highest BCUT2D eigenvalue weighted by atomic mass is 32.2. The number of hydrogen-bond acceptors (Lipinski definition) is 6. The van der Waals surface area contributed by atoms with Gasteiger partial charge in [0.05, 0.1) is 11.5 Å². The maximum absolute atomic E-state index is 12.9. The van der Waals surface area contributed by atoms with Gasteiger partial charge in [0, 0.05) is 0 Å². The molecule has 0 saturated carbocycles. The number of amides is 1. The predicted molar refractivity (Wildman–Crippen MR) is 111 cm³/mol. The summed E-state index contributed by atoms with van der Waals surface area (Å²) in [7, 11) is 0. The average Bonchev–Trinajstić information content (AvgIpc) is 2.93. The number of ether oxygens (including phenoxy) is 1. The van der Waals surface area contributed by atoms with E-state index in [4.69, 9.17) is 17.0 Å². The number of carbonyl (C=O) groups excluding carboxylic acids is 1. The third-order valence-corrected chi connectivity index (χ3v) is 5.34. The molecule has 2 N–H and O–H groups in total. The van der Waals surface area contributed by atoms with Crippen LogP contribution in [-0.4, -0.2) is 37.9 Å². The van der Waals surface area contributed by atoms with Crippen LogP contribution in [0.4, 0.5) is 0 Å².